The van der Waals surface area contributed by atoms with Crippen molar-refractivity contribution in [3.8, 4) is 0 Å². The molecular weight excluding hydrogens is 221 g/mol. The molecule has 21 valence electrons. The number of rotatable bonds is 0. The van der Waals surface area contributed by atoms with Crippen molar-refractivity contribution in [2.24, 2.45) is 0 Å². The third kappa shape index (κ3) is 8.82. The smallest absolute Gasteiger partial charge is 2.00 e. The predicted octanol–water partition coefficient (Wildman–Crippen LogP) is -3.24. The molecule has 0 rings (SSSR count). The average molecular weight is 221 g/mol. The summed E-state index contributed by atoms with van der Waals surface area (Å²) in [5.74, 6) is 0. The third-order valence-corrected chi connectivity index (χ3v) is 0. The molecule has 0 saturated heterocycles. The summed E-state index contributed by atoms with van der Waals surface area (Å²) in [4.78, 5) is 0. The van der Waals surface area contributed by atoms with Gasteiger partial charge in [-0.1, -0.05) is 0 Å². The van der Waals surface area contributed by atoms with Crippen molar-refractivity contribution >= 4 is 0 Å². The Morgan fingerprint density at radius 3 is 0.750 bits per heavy atom. The van der Waals surface area contributed by atoms with Gasteiger partial charge in [-0.25, -0.2) is 0 Å². The van der Waals surface area contributed by atoms with E-state index in [1.54, 1.807) is 0 Å². The molecule has 0 amide bonds. The maximum Gasteiger partial charge on any atom is 3.00 e. The van der Waals surface area contributed by atoms with Crippen LogP contribution in [0.2, 0.25) is 0 Å². The first-order valence-corrected chi connectivity index (χ1v) is 0. The molecule has 0 N–H and O–H groups in total. The fraction of sp³-hybridized carbons (Fsp3) is 0. The van der Waals surface area contributed by atoms with Crippen LogP contribution in [0.15, 0.2) is 0 Å². The minimum absolute atomic E-state index is 0. The van der Waals surface area contributed by atoms with Gasteiger partial charge in [-0.15, -0.1) is 0 Å². The van der Waals surface area contributed by atoms with Gasteiger partial charge in [0.15, 0.2) is 0 Å². The van der Waals surface area contributed by atoms with Crippen molar-refractivity contribution in [1.82, 2.24) is 0 Å². The summed E-state index contributed by atoms with van der Waals surface area (Å²) < 4.78 is 0. The van der Waals surface area contributed by atoms with E-state index in [-0.39, 0.29) is 96.9 Å². The number of hydrogen-bond donors (Lipinski definition) is 0. The minimum atomic E-state index is 0. The Bertz CT molecular complexity index is 6.00. The van der Waals surface area contributed by atoms with Gasteiger partial charge in [0, 0.05) is 0 Å². The van der Waals surface area contributed by atoms with Crippen LogP contribution in [0, 0.1) is 0 Å². The van der Waals surface area contributed by atoms with E-state index in [9.17, 15) is 0 Å². The monoisotopic (exact) mass is 221 g/mol. The molecular formula is CsFeO2. The molecule has 4 heteroatoms. The maximum atomic E-state index is 0. The second kappa shape index (κ2) is 17.8. The molecule has 0 bridgehead atoms. The Labute approximate surface area is 94.2 Å². The van der Waals surface area contributed by atoms with Crippen molar-refractivity contribution in [2.75, 3.05) is 0 Å². The maximum absolute atomic E-state index is 0. The summed E-state index contributed by atoms with van der Waals surface area (Å²) in [5, 5.41) is 0. The molecule has 0 heterocycles. The predicted molar refractivity (Wildman–Crippen MR) is 1.37 cm³/mol. The largest absolute Gasteiger partial charge is 3.00 e. The van der Waals surface area contributed by atoms with Crippen LogP contribution in [0.5, 0.6) is 0 Å². The minimum Gasteiger partial charge on any atom is -2.00 e. The van der Waals surface area contributed by atoms with E-state index in [2.05, 4.69) is 0 Å². The summed E-state index contributed by atoms with van der Waals surface area (Å²) in [7, 11) is 0. The summed E-state index contributed by atoms with van der Waals surface area (Å²) in [6.45, 7) is 0. The Morgan fingerprint density at radius 2 is 0.750 bits per heavy atom. The van der Waals surface area contributed by atoms with Gasteiger partial charge < -0.3 is 11.0 Å². The van der Waals surface area contributed by atoms with E-state index in [0.29, 0.717) is 0 Å². The molecule has 0 saturated carbocycles. The fourth-order valence-electron chi connectivity index (χ4n) is 0. The second-order valence-electron chi connectivity index (χ2n) is 0. The van der Waals surface area contributed by atoms with E-state index in [1.165, 1.54) is 0 Å². The van der Waals surface area contributed by atoms with Crippen LogP contribution in [-0.4, -0.2) is 0 Å². The van der Waals surface area contributed by atoms with Crippen LogP contribution in [0.3, 0.4) is 0 Å². The number of hydrogen-bond acceptors (Lipinski definition) is 0. The summed E-state index contributed by atoms with van der Waals surface area (Å²) in [6, 6.07) is 0. The van der Waals surface area contributed by atoms with Crippen molar-refractivity contribution in [2.45, 2.75) is 0 Å². The summed E-state index contributed by atoms with van der Waals surface area (Å²) in [5.41, 5.74) is 0. The molecule has 0 aromatic heterocycles. The van der Waals surface area contributed by atoms with E-state index in [0.717, 1.165) is 0 Å². The van der Waals surface area contributed by atoms with Crippen LogP contribution in [0.4, 0.5) is 0 Å². The van der Waals surface area contributed by atoms with Gasteiger partial charge in [-0.2, -0.15) is 0 Å². The SMILES string of the molecule is [Cs+].[Fe+3].[O-2].[O-2]. The van der Waals surface area contributed by atoms with E-state index in [4.69, 9.17) is 0 Å². The van der Waals surface area contributed by atoms with Crippen molar-refractivity contribution < 1.29 is 96.9 Å². The van der Waals surface area contributed by atoms with Gasteiger partial charge in [0.25, 0.3) is 0 Å². The molecule has 1 radical (unpaired) electrons. The zero-order chi connectivity index (χ0) is 0. The van der Waals surface area contributed by atoms with E-state index < -0.39 is 0 Å². The summed E-state index contributed by atoms with van der Waals surface area (Å²) in [6.07, 6.45) is 0. The van der Waals surface area contributed by atoms with Gasteiger partial charge in [-0.05, 0) is 0 Å². The fourth-order valence-corrected chi connectivity index (χ4v) is 0. The Balaban J connectivity index is 0. The zero-order valence-electron chi connectivity index (χ0n) is 2.17. The van der Waals surface area contributed by atoms with E-state index in [1.807, 2.05) is 0 Å². The first-order valence-electron chi connectivity index (χ1n) is 0. The van der Waals surface area contributed by atoms with Crippen LogP contribution in [0.25, 0.3) is 0 Å². The first kappa shape index (κ1) is 31.5. The average Bonchev–Trinajstić information content (AvgIpc) is 0. The van der Waals surface area contributed by atoms with E-state index >= 15 is 0 Å². The normalized spacial score (nSPS) is 0. The van der Waals surface area contributed by atoms with Gasteiger partial charge in [0.05, 0.1) is 0 Å². The van der Waals surface area contributed by atoms with Crippen LogP contribution in [0.1, 0.15) is 0 Å². The van der Waals surface area contributed by atoms with Crippen molar-refractivity contribution in [1.29, 1.82) is 0 Å². The molecule has 0 aliphatic rings. The second-order valence-corrected chi connectivity index (χ2v) is 0. The van der Waals surface area contributed by atoms with Crippen LogP contribution >= 0.6 is 0 Å². The molecule has 0 aromatic carbocycles. The van der Waals surface area contributed by atoms with Gasteiger partial charge in [0.2, 0.25) is 0 Å². The third-order valence-electron chi connectivity index (χ3n) is 0. The molecule has 0 atom stereocenters. The van der Waals surface area contributed by atoms with Crippen molar-refractivity contribution in [3.05, 3.63) is 0 Å². The van der Waals surface area contributed by atoms with Gasteiger partial charge in [-0.3, -0.25) is 0 Å². The standard InChI is InChI=1S/Cs.Fe.2O/q+1;+3;2*-2. The quantitative estimate of drug-likeness (QED) is 0.386. The molecule has 0 aliphatic carbocycles. The Kier molecular flexibility index (Phi) is 141. The van der Waals surface area contributed by atoms with Crippen molar-refractivity contribution in [3.63, 3.8) is 0 Å². The topological polar surface area (TPSA) is 57.0 Å². The first-order chi connectivity index (χ1) is 0. The van der Waals surface area contributed by atoms with Crippen LogP contribution in [-0.2, 0) is 28.0 Å². The molecule has 2 nitrogen and oxygen atoms in total. The van der Waals surface area contributed by atoms with Gasteiger partial charge in [0.1, 0.15) is 0 Å². The zero-order valence-corrected chi connectivity index (χ0v) is 9.55. The molecule has 0 aromatic rings. The molecule has 0 spiro atoms. The molecule has 0 unspecified atom stereocenters. The summed E-state index contributed by atoms with van der Waals surface area (Å²) >= 11 is 0. The van der Waals surface area contributed by atoms with Gasteiger partial charge >= 0.3 is 86.0 Å². The van der Waals surface area contributed by atoms with Crippen LogP contribution < -0.4 is 68.9 Å². The molecule has 0 aliphatic heterocycles. The molecule has 0 fully saturated rings. The molecule has 4 heavy (non-hydrogen) atoms. The Hall–Kier alpha value is 2.49. The Morgan fingerprint density at radius 1 is 0.750 bits per heavy atom.